The van der Waals surface area contributed by atoms with Crippen LogP contribution < -0.4 is 10.1 Å². The first-order valence-corrected chi connectivity index (χ1v) is 7.62. The zero-order valence-corrected chi connectivity index (χ0v) is 13.3. The lowest BCUT2D eigenvalue weighted by atomic mass is 10.0. The highest BCUT2D eigenvalue weighted by atomic mass is 16.5. The highest BCUT2D eigenvalue weighted by molar-refractivity contribution is 5.36. The maximum absolute atomic E-state index is 5.68. The molecule has 2 aromatic rings. The van der Waals surface area contributed by atoms with Gasteiger partial charge in [0, 0.05) is 6.54 Å². The van der Waals surface area contributed by atoms with Crippen LogP contribution in [0.25, 0.3) is 0 Å². The maximum atomic E-state index is 5.68. The van der Waals surface area contributed by atoms with E-state index in [4.69, 9.17) is 4.74 Å². The molecule has 0 aliphatic carbocycles. The van der Waals surface area contributed by atoms with Gasteiger partial charge in [-0.05, 0) is 68.1 Å². The maximum Gasteiger partial charge on any atom is 0.119 e. The van der Waals surface area contributed by atoms with Crippen molar-refractivity contribution in [3.05, 3.63) is 64.7 Å². The third kappa shape index (κ3) is 4.91. The third-order valence-corrected chi connectivity index (χ3v) is 3.78. The molecule has 0 aliphatic rings. The number of para-hydroxylation sites is 1. The average Bonchev–Trinajstić information content (AvgIpc) is 2.49. The van der Waals surface area contributed by atoms with Crippen LogP contribution in [0.3, 0.4) is 0 Å². The van der Waals surface area contributed by atoms with E-state index in [1.165, 1.54) is 22.3 Å². The number of rotatable bonds is 7. The molecule has 0 atom stereocenters. The lowest BCUT2D eigenvalue weighted by molar-refractivity contribution is 0.308. The van der Waals surface area contributed by atoms with Crippen LogP contribution in [-0.2, 0) is 6.54 Å². The van der Waals surface area contributed by atoms with Crippen LogP contribution in [0, 0.1) is 20.8 Å². The Kier molecular flexibility index (Phi) is 5.82. The van der Waals surface area contributed by atoms with Crippen molar-refractivity contribution < 1.29 is 4.74 Å². The summed E-state index contributed by atoms with van der Waals surface area (Å²) >= 11 is 0. The van der Waals surface area contributed by atoms with E-state index in [0.717, 1.165) is 31.9 Å². The van der Waals surface area contributed by atoms with Crippen LogP contribution in [0.2, 0.25) is 0 Å². The van der Waals surface area contributed by atoms with E-state index in [9.17, 15) is 0 Å². The van der Waals surface area contributed by atoms with Gasteiger partial charge in [-0.2, -0.15) is 0 Å². The molecule has 0 heterocycles. The lowest BCUT2D eigenvalue weighted by Crippen LogP contribution is -2.17. The Bertz CT molecular complexity index is 563. The Morgan fingerprint density at radius 1 is 0.905 bits per heavy atom. The summed E-state index contributed by atoms with van der Waals surface area (Å²) in [4.78, 5) is 0. The minimum Gasteiger partial charge on any atom is -0.494 e. The number of ether oxygens (including phenoxy) is 1. The number of hydrogen-bond acceptors (Lipinski definition) is 2. The monoisotopic (exact) mass is 283 g/mol. The van der Waals surface area contributed by atoms with Crippen LogP contribution in [0.1, 0.15) is 28.7 Å². The Labute approximate surface area is 128 Å². The molecule has 2 rings (SSSR count). The Morgan fingerprint density at radius 3 is 2.38 bits per heavy atom. The first-order chi connectivity index (χ1) is 10.2. The Hall–Kier alpha value is -1.80. The van der Waals surface area contributed by atoms with Crippen LogP contribution in [0.15, 0.2) is 42.5 Å². The fourth-order valence-electron chi connectivity index (χ4n) is 2.34. The van der Waals surface area contributed by atoms with Crippen molar-refractivity contribution in [3.63, 3.8) is 0 Å². The summed E-state index contributed by atoms with van der Waals surface area (Å²) in [5, 5.41) is 3.50. The van der Waals surface area contributed by atoms with Crippen molar-refractivity contribution in [2.75, 3.05) is 13.2 Å². The Balaban J connectivity index is 1.67. The molecule has 0 saturated heterocycles. The second-order valence-corrected chi connectivity index (χ2v) is 5.55. The standard InChI is InChI=1S/C19H25NO/c1-15-12-17(3)18(13-16(15)2)14-20-10-7-11-21-19-8-5-4-6-9-19/h4-6,8-9,12-13,20H,7,10-11,14H2,1-3H3. The van der Waals surface area contributed by atoms with Crippen molar-refractivity contribution in [3.8, 4) is 5.75 Å². The molecule has 112 valence electrons. The zero-order valence-electron chi connectivity index (χ0n) is 13.3. The van der Waals surface area contributed by atoms with Crippen molar-refractivity contribution >= 4 is 0 Å². The highest BCUT2D eigenvalue weighted by Crippen LogP contribution is 2.15. The number of nitrogens with one attached hydrogen (secondary N) is 1. The molecular formula is C19H25NO. The molecule has 0 amide bonds. The van der Waals surface area contributed by atoms with E-state index in [0.29, 0.717) is 0 Å². The first kappa shape index (κ1) is 15.6. The zero-order chi connectivity index (χ0) is 15.1. The topological polar surface area (TPSA) is 21.3 Å². The second-order valence-electron chi connectivity index (χ2n) is 5.55. The molecule has 0 aliphatic heterocycles. The summed E-state index contributed by atoms with van der Waals surface area (Å²) in [6.45, 7) is 9.18. The van der Waals surface area contributed by atoms with Crippen LogP contribution in [0.4, 0.5) is 0 Å². The van der Waals surface area contributed by atoms with Crippen LogP contribution >= 0.6 is 0 Å². The van der Waals surface area contributed by atoms with Gasteiger partial charge in [0.2, 0.25) is 0 Å². The Morgan fingerprint density at radius 2 is 1.62 bits per heavy atom. The summed E-state index contributed by atoms with van der Waals surface area (Å²) in [5.74, 6) is 0.947. The SMILES string of the molecule is Cc1cc(C)c(CNCCCOc2ccccc2)cc1C. The number of benzene rings is 2. The summed E-state index contributed by atoms with van der Waals surface area (Å²) < 4.78 is 5.68. The van der Waals surface area contributed by atoms with Gasteiger partial charge in [-0.25, -0.2) is 0 Å². The molecule has 0 unspecified atom stereocenters. The molecule has 0 spiro atoms. The van der Waals surface area contributed by atoms with E-state index in [-0.39, 0.29) is 0 Å². The van der Waals surface area contributed by atoms with E-state index in [1.54, 1.807) is 0 Å². The minimum absolute atomic E-state index is 0.753. The smallest absolute Gasteiger partial charge is 0.119 e. The average molecular weight is 283 g/mol. The van der Waals surface area contributed by atoms with Crippen LogP contribution in [-0.4, -0.2) is 13.2 Å². The molecule has 2 aromatic carbocycles. The van der Waals surface area contributed by atoms with E-state index < -0.39 is 0 Å². The van der Waals surface area contributed by atoms with E-state index in [2.05, 4.69) is 38.2 Å². The number of aryl methyl sites for hydroxylation is 3. The first-order valence-electron chi connectivity index (χ1n) is 7.62. The molecular weight excluding hydrogens is 258 g/mol. The van der Waals surface area contributed by atoms with Crippen molar-refractivity contribution in [2.45, 2.75) is 33.7 Å². The molecule has 0 aromatic heterocycles. The summed E-state index contributed by atoms with van der Waals surface area (Å²) in [6, 6.07) is 14.5. The highest BCUT2D eigenvalue weighted by Gasteiger charge is 2.01. The summed E-state index contributed by atoms with van der Waals surface area (Å²) in [5.41, 5.74) is 5.49. The fourth-order valence-corrected chi connectivity index (χ4v) is 2.34. The molecule has 0 radical (unpaired) electrons. The summed E-state index contributed by atoms with van der Waals surface area (Å²) in [7, 11) is 0. The van der Waals surface area contributed by atoms with Gasteiger partial charge in [-0.3, -0.25) is 0 Å². The predicted octanol–water partition coefficient (Wildman–Crippen LogP) is 4.17. The molecule has 0 saturated carbocycles. The van der Waals surface area contributed by atoms with Crippen molar-refractivity contribution in [2.24, 2.45) is 0 Å². The largest absolute Gasteiger partial charge is 0.494 e. The van der Waals surface area contributed by atoms with Gasteiger partial charge in [0.25, 0.3) is 0 Å². The van der Waals surface area contributed by atoms with Crippen LogP contribution in [0.5, 0.6) is 5.75 Å². The lowest BCUT2D eigenvalue weighted by Gasteiger charge is -2.11. The van der Waals surface area contributed by atoms with Gasteiger partial charge in [0.05, 0.1) is 6.61 Å². The van der Waals surface area contributed by atoms with E-state index >= 15 is 0 Å². The quantitative estimate of drug-likeness (QED) is 0.770. The van der Waals surface area contributed by atoms with Gasteiger partial charge < -0.3 is 10.1 Å². The molecule has 0 bridgehead atoms. The van der Waals surface area contributed by atoms with Gasteiger partial charge in [-0.1, -0.05) is 30.3 Å². The molecule has 2 nitrogen and oxygen atoms in total. The summed E-state index contributed by atoms with van der Waals surface area (Å²) in [6.07, 6.45) is 1.01. The predicted molar refractivity (Wildman–Crippen MR) is 88.9 cm³/mol. The number of hydrogen-bond donors (Lipinski definition) is 1. The molecule has 1 N–H and O–H groups in total. The minimum atomic E-state index is 0.753. The third-order valence-electron chi connectivity index (χ3n) is 3.78. The molecule has 0 fully saturated rings. The molecule has 2 heteroatoms. The van der Waals surface area contributed by atoms with Gasteiger partial charge in [0.1, 0.15) is 5.75 Å². The fraction of sp³-hybridized carbons (Fsp3) is 0.368. The van der Waals surface area contributed by atoms with Gasteiger partial charge in [0.15, 0.2) is 0 Å². The van der Waals surface area contributed by atoms with Crippen molar-refractivity contribution in [1.82, 2.24) is 5.32 Å². The second kappa shape index (κ2) is 7.84. The van der Waals surface area contributed by atoms with E-state index in [1.807, 2.05) is 30.3 Å². The van der Waals surface area contributed by atoms with Gasteiger partial charge >= 0.3 is 0 Å². The van der Waals surface area contributed by atoms with Crippen molar-refractivity contribution in [1.29, 1.82) is 0 Å². The molecule has 21 heavy (non-hydrogen) atoms. The normalized spacial score (nSPS) is 10.6. The van der Waals surface area contributed by atoms with Gasteiger partial charge in [-0.15, -0.1) is 0 Å².